The molecule has 0 aliphatic rings. The molecule has 0 saturated heterocycles. The van der Waals surface area contributed by atoms with Crippen LogP contribution in [0.4, 0.5) is 5.69 Å². The van der Waals surface area contributed by atoms with Gasteiger partial charge in [-0.1, -0.05) is 32.0 Å². The number of carbonyl (C=O) groups excluding carboxylic acids is 3. The van der Waals surface area contributed by atoms with E-state index in [1.54, 1.807) is 24.3 Å². The van der Waals surface area contributed by atoms with Crippen LogP contribution >= 0.6 is 0 Å². The number of methoxy groups -OCH3 is 1. The lowest BCUT2D eigenvalue weighted by atomic mass is 9.99. The number of rotatable bonds is 9. The summed E-state index contributed by atoms with van der Waals surface area (Å²) in [4.78, 5) is 35.7. The Hall–Kier alpha value is -3.35. The van der Waals surface area contributed by atoms with Crippen molar-refractivity contribution in [3.63, 3.8) is 0 Å². The molecule has 0 heterocycles. The molecule has 2 amide bonds. The molecule has 0 radical (unpaired) electrons. The van der Waals surface area contributed by atoms with Crippen LogP contribution in [0.2, 0.25) is 0 Å². The molecular formula is C22H26N2O5. The second kappa shape index (κ2) is 10.8. The number of anilines is 1. The van der Waals surface area contributed by atoms with Gasteiger partial charge in [-0.15, -0.1) is 0 Å². The van der Waals surface area contributed by atoms with Crippen molar-refractivity contribution in [1.82, 2.24) is 5.32 Å². The Morgan fingerprint density at radius 2 is 1.79 bits per heavy atom. The van der Waals surface area contributed by atoms with Crippen LogP contribution in [0.25, 0.3) is 0 Å². The van der Waals surface area contributed by atoms with E-state index in [0.29, 0.717) is 22.9 Å². The highest BCUT2D eigenvalue weighted by atomic mass is 16.5. The first-order chi connectivity index (χ1) is 13.9. The molecule has 0 unspecified atom stereocenters. The van der Waals surface area contributed by atoms with E-state index in [4.69, 9.17) is 9.47 Å². The molecule has 1 atom stereocenters. The van der Waals surface area contributed by atoms with Crippen LogP contribution in [0, 0.1) is 0 Å². The number of ether oxygens (including phenoxy) is 2. The third kappa shape index (κ3) is 6.95. The molecule has 0 bridgehead atoms. The summed E-state index contributed by atoms with van der Waals surface area (Å²) in [6.07, 6.45) is 1.04. The predicted octanol–water partition coefficient (Wildman–Crippen LogP) is 3.12. The molecule has 154 valence electrons. The summed E-state index contributed by atoms with van der Waals surface area (Å²) >= 11 is 0. The van der Waals surface area contributed by atoms with Gasteiger partial charge in [-0.25, -0.2) is 0 Å². The van der Waals surface area contributed by atoms with Crippen LogP contribution in [0.5, 0.6) is 5.75 Å². The number of esters is 1. The largest absolute Gasteiger partial charge is 0.497 e. The van der Waals surface area contributed by atoms with E-state index in [1.165, 1.54) is 12.7 Å². The van der Waals surface area contributed by atoms with E-state index < -0.39 is 24.4 Å². The smallest absolute Gasteiger partial charge is 0.325 e. The number of hydrogen-bond donors (Lipinski definition) is 2. The van der Waals surface area contributed by atoms with Gasteiger partial charge in [0, 0.05) is 11.3 Å². The fourth-order valence-corrected chi connectivity index (χ4v) is 2.54. The maximum atomic E-state index is 12.0. The van der Waals surface area contributed by atoms with Gasteiger partial charge in [0.05, 0.1) is 7.11 Å². The van der Waals surface area contributed by atoms with Crippen molar-refractivity contribution < 1.29 is 23.9 Å². The molecule has 0 aliphatic heterocycles. The summed E-state index contributed by atoms with van der Waals surface area (Å²) in [6, 6.07) is 14.1. The van der Waals surface area contributed by atoms with E-state index in [2.05, 4.69) is 24.5 Å². The second-order valence-electron chi connectivity index (χ2n) is 6.55. The molecule has 0 spiro atoms. The van der Waals surface area contributed by atoms with E-state index in [-0.39, 0.29) is 6.54 Å². The van der Waals surface area contributed by atoms with Gasteiger partial charge in [0.2, 0.25) is 0 Å². The SMILES string of the molecule is CC[C@H](C)c1ccc(NC(=O)COC(=O)CNC(=O)c2cccc(OC)c2)cc1. The molecule has 7 nitrogen and oxygen atoms in total. The Labute approximate surface area is 170 Å². The summed E-state index contributed by atoms with van der Waals surface area (Å²) in [5.41, 5.74) is 2.18. The highest BCUT2D eigenvalue weighted by molar-refractivity contribution is 5.97. The molecule has 2 aromatic rings. The van der Waals surface area contributed by atoms with E-state index in [9.17, 15) is 14.4 Å². The first kappa shape index (κ1) is 21.9. The van der Waals surface area contributed by atoms with Crippen molar-refractivity contribution in [3.8, 4) is 5.75 Å². The number of hydrogen-bond acceptors (Lipinski definition) is 5. The minimum Gasteiger partial charge on any atom is -0.497 e. The lowest BCUT2D eigenvalue weighted by molar-refractivity contribution is -0.146. The van der Waals surface area contributed by atoms with Gasteiger partial charge in [0.25, 0.3) is 11.8 Å². The van der Waals surface area contributed by atoms with Gasteiger partial charge >= 0.3 is 5.97 Å². The third-order valence-electron chi connectivity index (χ3n) is 4.47. The van der Waals surface area contributed by atoms with Crippen molar-refractivity contribution in [1.29, 1.82) is 0 Å². The fraction of sp³-hybridized carbons (Fsp3) is 0.318. The van der Waals surface area contributed by atoms with Gasteiger partial charge in [-0.3, -0.25) is 14.4 Å². The minimum absolute atomic E-state index is 0.340. The van der Waals surface area contributed by atoms with Crippen LogP contribution in [-0.4, -0.2) is 38.0 Å². The zero-order valence-electron chi connectivity index (χ0n) is 16.9. The lowest BCUT2D eigenvalue weighted by Crippen LogP contribution is -2.32. The van der Waals surface area contributed by atoms with Crippen LogP contribution in [-0.2, 0) is 14.3 Å². The van der Waals surface area contributed by atoms with Gasteiger partial charge in [-0.05, 0) is 48.2 Å². The first-order valence-corrected chi connectivity index (χ1v) is 9.40. The Kier molecular flexibility index (Phi) is 8.21. The molecule has 2 N–H and O–H groups in total. The zero-order chi connectivity index (χ0) is 21.2. The first-order valence-electron chi connectivity index (χ1n) is 9.40. The fourth-order valence-electron chi connectivity index (χ4n) is 2.54. The molecular weight excluding hydrogens is 372 g/mol. The quantitative estimate of drug-likeness (QED) is 0.633. The lowest BCUT2D eigenvalue weighted by Gasteiger charge is -2.11. The molecule has 0 aliphatic carbocycles. The normalized spacial score (nSPS) is 11.3. The Balaban J connectivity index is 1.74. The number of carbonyl (C=O) groups is 3. The topological polar surface area (TPSA) is 93.7 Å². The molecule has 2 rings (SSSR count). The standard InChI is InChI=1S/C22H26N2O5/c1-4-15(2)16-8-10-18(11-9-16)24-20(25)14-29-21(26)13-23-22(27)17-6-5-7-19(12-17)28-3/h5-12,15H,4,13-14H2,1-3H3,(H,23,27)(H,24,25)/t15-/m0/s1. The van der Waals surface area contributed by atoms with Crippen molar-refractivity contribution >= 4 is 23.5 Å². The van der Waals surface area contributed by atoms with Crippen molar-refractivity contribution in [2.24, 2.45) is 0 Å². The molecule has 0 aromatic heterocycles. The molecule has 0 fully saturated rings. The molecule has 2 aromatic carbocycles. The predicted molar refractivity (Wildman–Crippen MR) is 110 cm³/mol. The summed E-state index contributed by atoms with van der Waals surface area (Å²) in [5.74, 6) is -0.606. The van der Waals surface area contributed by atoms with E-state index in [1.807, 2.05) is 24.3 Å². The average molecular weight is 398 g/mol. The minimum atomic E-state index is -0.705. The van der Waals surface area contributed by atoms with Gasteiger partial charge in [0.1, 0.15) is 12.3 Å². The molecule has 29 heavy (non-hydrogen) atoms. The Bertz CT molecular complexity index is 849. The van der Waals surface area contributed by atoms with Gasteiger partial charge < -0.3 is 20.1 Å². The Morgan fingerprint density at radius 3 is 2.45 bits per heavy atom. The highest BCUT2D eigenvalue weighted by Gasteiger charge is 2.12. The van der Waals surface area contributed by atoms with Crippen molar-refractivity contribution in [2.75, 3.05) is 25.6 Å². The van der Waals surface area contributed by atoms with Crippen molar-refractivity contribution in [3.05, 3.63) is 59.7 Å². The van der Waals surface area contributed by atoms with Crippen LogP contribution < -0.4 is 15.4 Å². The summed E-state index contributed by atoms with van der Waals surface area (Å²) in [5, 5.41) is 5.11. The average Bonchev–Trinajstić information content (AvgIpc) is 2.76. The van der Waals surface area contributed by atoms with Crippen LogP contribution in [0.1, 0.15) is 42.1 Å². The van der Waals surface area contributed by atoms with E-state index in [0.717, 1.165) is 6.42 Å². The monoisotopic (exact) mass is 398 g/mol. The maximum Gasteiger partial charge on any atom is 0.325 e. The second-order valence-corrected chi connectivity index (χ2v) is 6.55. The van der Waals surface area contributed by atoms with Crippen LogP contribution in [0.15, 0.2) is 48.5 Å². The van der Waals surface area contributed by atoms with Gasteiger partial charge in [0.15, 0.2) is 6.61 Å². The van der Waals surface area contributed by atoms with Gasteiger partial charge in [-0.2, -0.15) is 0 Å². The summed E-state index contributed by atoms with van der Waals surface area (Å²) in [7, 11) is 1.50. The number of benzene rings is 2. The number of amides is 2. The maximum absolute atomic E-state index is 12.0. The summed E-state index contributed by atoms with van der Waals surface area (Å²) in [6.45, 7) is 3.49. The molecule has 0 saturated carbocycles. The highest BCUT2D eigenvalue weighted by Crippen LogP contribution is 2.20. The molecule has 7 heteroatoms. The van der Waals surface area contributed by atoms with Crippen molar-refractivity contribution in [2.45, 2.75) is 26.2 Å². The Morgan fingerprint density at radius 1 is 1.07 bits per heavy atom. The summed E-state index contributed by atoms with van der Waals surface area (Å²) < 4.78 is 9.95. The number of nitrogens with one attached hydrogen (secondary N) is 2. The van der Waals surface area contributed by atoms with E-state index >= 15 is 0 Å². The zero-order valence-corrected chi connectivity index (χ0v) is 16.9. The third-order valence-corrected chi connectivity index (χ3v) is 4.47. The van der Waals surface area contributed by atoms with Crippen LogP contribution in [0.3, 0.4) is 0 Å².